The van der Waals surface area contributed by atoms with E-state index in [4.69, 9.17) is 4.74 Å². The van der Waals surface area contributed by atoms with Gasteiger partial charge in [-0.15, -0.1) is 0 Å². The van der Waals surface area contributed by atoms with Gasteiger partial charge in [-0.1, -0.05) is 48.7 Å². The zero-order valence-corrected chi connectivity index (χ0v) is 23.3. The molecule has 0 unspecified atom stereocenters. The number of piperidine rings is 2. The molecule has 4 fully saturated rings. The molecule has 0 radical (unpaired) electrons. The highest BCUT2D eigenvalue weighted by Crippen LogP contribution is 2.05. The summed E-state index contributed by atoms with van der Waals surface area (Å²) in [4.78, 5) is 9.41. The molecule has 0 bridgehead atoms. The molecule has 5 nitrogen and oxygen atoms in total. The van der Waals surface area contributed by atoms with E-state index in [1.807, 2.05) is 18.2 Å². The van der Waals surface area contributed by atoms with Crippen molar-refractivity contribution in [1.29, 1.82) is 0 Å². The zero-order chi connectivity index (χ0) is 24.9. The van der Waals surface area contributed by atoms with Crippen LogP contribution in [0.2, 0.25) is 0 Å². The zero-order valence-electron chi connectivity index (χ0n) is 23.3. The lowest BCUT2D eigenvalue weighted by molar-refractivity contribution is 0.0503. The van der Waals surface area contributed by atoms with Crippen molar-refractivity contribution in [3.63, 3.8) is 0 Å². The molecule has 0 aromatic heterocycles. The molecule has 4 aliphatic heterocycles. The number of nitrogens with zero attached hydrogens (tertiary/aromatic N) is 4. The first-order valence-corrected chi connectivity index (χ1v) is 13.8. The van der Waals surface area contributed by atoms with Gasteiger partial charge >= 0.3 is 0 Å². The first-order valence-electron chi connectivity index (χ1n) is 13.8. The van der Waals surface area contributed by atoms with Crippen molar-refractivity contribution < 1.29 is 4.74 Å². The number of benzene rings is 1. The number of hydrogen-bond acceptors (Lipinski definition) is 5. The maximum Gasteiger partial charge on any atom is 0.0594 e. The predicted molar refractivity (Wildman–Crippen MR) is 149 cm³/mol. The summed E-state index contributed by atoms with van der Waals surface area (Å²) in [5.74, 6) is 0. The Hall–Kier alpha value is -0.980. The lowest BCUT2D eigenvalue weighted by atomic mass is 10.1. The van der Waals surface area contributed by atoms with Crippen LogP contribution in [0.1, 0.15) is 56.9 Å². The molecule has 1 aromatic carbocycles. The summed E-state index contributed by atoms with van der Waals surface area (Å²) in [6, 6.07) is 10.3. The van der Waals surface area contributed by atoms with Gasteiger partial charge in [-0.3, -0.25) is 0 Å². The third-order valence-electron chi connectivity index (χ3n) is 6.66. The van der Waals surface area contributed by atoms with Crippen molar-refractivity contribution in [3.8, 4) is 0 Å². The number of rotatable bonds is 0. The molecular weight excluding hydrogens is 420 g/mol. The number of aryl methyl sites for hydroxylation is 1. The number of likely N-dealkylation sites (N-methyl/N-ethyl adjacent to an activating group) is 1. The van der Waals surface area contributed by atoms with Gasteiger partial charge in [0, 0.05) is 13.1 Å². The monoisotopic (exact) mass is 476 g/mol. The summed E-state index contributed by atoms with van der Waals surface area (Å²) < 4.78 is 5.10. The van der Waals surface area contributed by atoms with Crippen LogP contribution < -0.4 is 0 Å². The summed E-state index contributed by atoms with van der Waals surface area (Å²) in [6.45, 7) is 14.0. The van der Waals surface area contributed by atoms with Gasteiger partial charge < -0.3 is 24.3 Å². The van der Waals surface area contributed by atoms with Gasteiger partial charge in [0.15, 0.2) is 0 Å². The molecule has 34 heavy (non-hydrogen) atoms. The van der Waals surface area contributed by atoms with Gasteiger partial charge in [0.1, 0.15) is 0 Å². The van der Waals surface area contributed by atoms with E-state index in [9.17, 15) is 0 Å². The van der Waals surface area contributed by atoms with Gasteiger partial charge in [0.25, 0.3) is 0 Å². The first-order chi connectivity index (χ1) is 16.5. The van der Waals surface area contributed by atoms with Gasteiger partial charge in [0.05, 0.1) is 13.2 Å². The number of morpholine rings is 1. The van der Waals surface area contributed by atoms with Crippen LogP contribution in [0, 0.1) is 6.92 Å². The average molecular weight is 477 g/mol. The standard InChI is InChI=1S/C7H8.2C6H13N.C5H11NO.C5H11N/c3*1-7-5-3-2-4-6-7;1-6-2-4-7-5-3-6;1-6-4-2-3-5-6/h2-6H,1H3;2*2-6H2,1H3;2-5H2,1H3;2-5H2,1H3. The molecule has 4 heterocycles. The lowest BCUT2D eigenvalue weighted by Crippen LogP contribution is -2.32. The van der Waals surface area contributed by atoms with Crippen LogP contribution in [0.5, 0.6) is 0 Å². The van der Waals surface area contributed by atoms with Crippen molar-refractivity contribution in [2.45, 2.75) is 58.3 Å². The molecule has 0 saturated carbocycles. The molecule has 5 heteroatoms. The Morgan fingerprint density at radius 1 is 0.471 bits per heavy atom. The summed E-state index contributed by atoms with van der Waals surface area (Å²) >= 11 is 0. The minimum Gasteiger partial charge on any atom is -0.379 e. The minimum absolute atomic E-state index is 0.913. The van der Waals surface area contributed by atoms with Crippen LogP contribution in [0.3, 0.4) is 0 Å². The Bertz CT molecular complexity index is 494. The number of hydrogen-bond donors (Lipinski definition) is 0. The molecule has 0 amide bonds. The SMILES string of the molecule is CN1CCCC1.CN1CCCCC1.CN1CCCCC1.CN1CCOCC1.Cc1ccccc1. The Kier molecular flexibility index (Phi) is 19.5. The van der Waals surface area contributed by atoms with Crippen molar-refractivity contribution >= 4 is 0 Å². The molecule has 198 valence electrons. The van der Waals surface area contributed by atoms with Crippen molar-refractivity contribution in [3.05, 3.63) is 35.9 Å². The number of ether oxygens (including phenoxy) is 1. The molecule has 4 aliphatic rings. The van der Waals surface area contributed by atoms with E-state index in [1.165, 1.54) is 96.2 Å². The Morgan fingerprint density at radius 2 is 0.794 bits per heavy atom. The number of likely N-dealkylation sites (tertiary alicyclic amines) is 3. The topological polar surface area (TPSA) is 22.2 Å². The minimum atomic E-state index is 0.913. The van der Waals surface area contributed by atoms with Gasteiger partial charge in [-0.2, -0.15) is 0 Å². The molecule has 1 aromatic rings. The Morgan fingerprint density at radius 3 is 0.971 bits per heavy atom. The third kappa shape index (κ3) is 19.3. The fourth-order valence-electron chi connectivity index (χ4n) is 4.17. The van der Waals surface area contributed by atoms with Crippen molar-refractivity contribution in [2.24, 2.45) is 0 Å². The Labute approximate surface area is 212 Å². The molecular formula is C29H56N4O. The van der Waals surface area contributed by atoms with E-state index in [0.29, 0.717) is 0 Å². The molecule has 0 atom stereocenters. The van der Waals surface area contributed by atoms with E-state index in [0.717, 1.165) is 26.3 Å². The summed E-state index contributed by atoms with van der Waals surface area (Å²) in [6.07, 6.45) is 11.4. The summed E-state index contributed by atoms with van der Waals surface area (Å²) in [5.41, 5.74) is 1.32. The second kappa shape index (κ2) is 21.3. The third-order valence-corrected chi connectivity index (χ3v) is 6.66. The van der Waals surface area contributed by atoms with E-state index in [1.54, 1.807) is 0 Å². The van der Waals surface area contributed by atoms with Crippen LogP contribution in [-0.4, -0.2) is 113 Å². The van der Waals surface area contributed by atoms with E-state index < -0.39 is 0 Å². The highest BCUT2D eigenvalue weighted by molar-refractivity contribution is 5.11. The van der Waals surface area contributed by atoms with Crippen LogP contribution in [0.4, 0.5) is 0 Å². The fraction of sp³-hybridized carbons (Fsp3) is 0.793. The largest absolute Gasteiger partial charge is 0.379 e. The van der Waals surface area contributed by atoms with E-state index >= 15 is 0 Å². The summed E-state index contributed by atoms with van der Waals surface area (Å²) in [5, 5.41) is 0. The molecule has 5 rings (SSSR count). The van der Waals surface area contributed by atoms with Crippen LogP contribution >= 0.6 is 0 Å². The lowest BCUT2D eigenvalue weighted by Gasteiger charge is -2.21. The normalized spacial score (nSPS) is 21.9. The fourth-order valence-corrected chi connectivity index (χ4v) is 4.17. The van der Waals surface area contributed by atoms with E-state index in [-0.39, 0.29) is 0 Å². The van der Waals surface area contributed by atoms with Crippen LogP contribution in [0.15, 0.2) is 30.3 Å². The molecule has 0 aliphatic carbocycles. The van der Waals surface area contributed by atoms with Gasteiger partial charge in [0.2, 0.25) is 0 Å². The van der Waals surface area contributed by atoms with Gasteiger partial charge in [-0.05, 0) is 113 Å². The molecule has 4 saturated heterocycles. The van der Waals surface area contributed by atoms with Crippen LogP contribution in [0.25, 0.3) is 0 Å². The average Bonchev–Trinajstić information content (AvgIpc) is 3.34. The quantitative estimate of drug-likeness (QED) is 0.532. The Balaban J connectivity index is 0.000000213. The molecule has 0 N–H and O–H groups in total. The second-order valence-corrected chi connectivity index (χ2v) is 10.3. The maximum atomic E-state index is 5.10. The van der Waals surface area contributed by atoms with Gasteiger partial charge in [-0.25, -0.2) is 0 Å². The van der Waals surface area contributed by atoms with E-state index in [2.05, 4.69) is 66.8 Å². The van der Waals surface area contributed by atoms with Crippen LogP contribution in [-0.2, 0) is 4.74 Å². The van der Waals surface area contributed by atoms with Crippen molar-refractivity contribution in [1.82, 2.24) is 19.6 Å². The summed E-state index contributed by atoms with van der Waals surface area (Å²) in [7, 11) is 8.67. The maximum absolute atomic E-state index is 5.10. The highest BCUT2D eigenvalue weighted by Gasteiger charge is 2.04. The molecule has 0 spiro atoms. The second-order valence-electron chi connectivity index (χ2n) is 10.3. The van der Waals surface area contributed by atoms with Crippen molar-refractivity contribution in [2.75, 3.05) is 93.8 Å². The predicted octanol–water partition coefficient (Wildman–Crippen LogP) is 4.86. The first kappa shape index (κ1) is 31.1. The smallest absolute Gasteiger partial charge is 0.0594 e. The highest BCUT2D eigenvalue weighted by atomic mass is 16.5.